The van der Waals surface area contributed by atoms with Crippen LogP contribution in [-0.4, -0.2) is 106 Å². The van der Waals surface area contributed by atoms with Crippen LogP contribution < -0.4 is 10.6 Å². The van der Waals surface area contributed by atoms with Crippen molar-refractivity contribution in [2.75, 3.05) is 0 Å². The molecule has 0 aromatic heterocycles. The molecular weight excluding hydrogens is 927 g/mol. The summed E-state index contributed by atoms with van der Waals surface area (Å²) in [6.07, 6.45) is -5.32. The van der Waals surface area contributed by atoms with Crippen LogP contribution in [-0.2, 0) is 9.59 Å². The van der Waals surface area contributed by atoms with Crippen molar-refractivity contribution in [1.29, 1.82) is 0 Å². The van der Waals surface area contributed by atoms with E-state index in [4.69, 9.17) is 0 Å². The quantitative estimate of drug-likeness (QED) is 0.120. The predicted octanol–water partition coefficient (Wildman–Crippen LogP) is 9.82. The highest BCUT2D eigenvalue weighted by molar-refractivity contribution is 6.22. The average Bonchev–Trinajstić information content (AvgIpc) is 2.99. The van der Waals surface area contributed by atoms with Gasteiger partial charge in [-0.2, -0.15) is 123 Å². The number of hydrogen-bond donors (Lipinski definition) is 2. The molecule has 332 valence electrons. The number of nitrogens with one attached hydrogen (secondary N) is 2. The molecule has 1 saturated carbocycles. The van der Waals surface area contributed by atoms with Crippen molar-refractivity contribution in [3.63, 3.8) is 0 Å². The molecule has 0 atom stereocenters. The van der Waals surface area contributed by atoms with Crippen LogP contribution in [0.2, 0.25) is 0 Å². The molecular formula is C22H12Cl2F28N2O2. The third kappa shape index (κ3) is 7.17. The summed E-state index contributed by atoms with van der Waals surface area (Å²) in [5.74, 6) is -106. The maximum absolute atomic E-state index is 14.1. The van der Waals surface area contributed by atoms with E-state index >= 15 is 0 Å². The van der Waals surface area contributed by atoms with Crippen LogP contribution in [0, 0.1) is 0 Å². The SMILES string of the molecule is O=C(NC1CCC(NC(=O)C(F)(F)C(F)(F)C(F)(F)C(F)(F)C(F)(F)C(F)(F)C(F)(F)Cl)CC1)C(F)(F)C(F)(F)C(F)(F)C(F)(F)C(F)(F)C(F)(F)C(F)(F)Cl. The summed E-state index contributed by atoms with van der Waals surface area (Å²) in [5.41, 5.74) is 0. The lowest BCUT2D eigenvalue weighted by molar-refractivity contribution is -0.431. The highest BCUT2D eigenvalue weighted by Gasteiger charge is 2.95. The summed E-state index contributed by atoms with van der Waals surface area (Å²) < 4.78 is 379. The Morgan fingerprint density at radius 2 is 0.482 bits per heavy atom. The van der Waals surface area contributed by atoms with E-state index in [2.05, 4.69) is 23.2 Å². The summed E-state index contributed by atoms with van der Waals surface area (Å²) in [6, 6.07) is -4.61. The molecule has 4 nitrogen and oxygen atoms in total. The Kier molecular flexibility index (Phi) is 13.0. The van der Waals surface area contributed by atoms with Crippen molar-refractivity contribution < 1.29 is 133 Å². The van der Waals surface area contributed by atoms with Crippen LogP contribution in [0.1, 0.15) is 25.7 Å². The van der Waals surface area contributed by atoms with Gasteiger partial charge in [-0.15, -0.1) is 0 Å². The molecule has 34 heteroatoms. The molecule has 0 heterocycles. The smallest absolute Gasteiger partial charge is 0.348 e. The van der Waals surface area contributed by atoms with Crippen molar-refractivity contribution in [1.82, 2.24) is 10.6 Å². The molecule has 0 aromatic rings. The summed E-state index contributed by atoms with van der Waals surface area (Å²) >= 11 is 6.84. The third-order valence-corrected chi connectivity index (χ3v) is 8.10. The lowest BCUT2D eigenvalue weighted by Gasteiger charge is -2.42. The van der Waals surface area contributed by atoms with Crippen molar-refractivity contribution in [3.8, 4) is 0 Å². The van der Waals surface area contributed by atoms with E-state index in [1.807, 2.05) is 0 Å². The number of amides is 2. The third-order valence-electron chi connectivity index (χ3n) is 7.62. The monoisotopic (exact) mass is 938 g/mol. The van der Waals surface area contributed by atoms with E-state index in [-0.39, 0.29) is 0 Å². The summed E-state index contributed by atoms with van der Waals surface area (Å²) in [5, 5.41) is -12.7. The van der Waals surface area contributed by atoms with E-state index in [0.717, 1.165) is 0 Å². The maximum Gasteiger partial charge on any atom is 0.393 e. The molecule has 1 rings (SSSR count). The number of alkyl halides is 30. The second-order valence-corrected chi connectivity index (χ2v) is 12.3. The van der Waals surface area contributed by atoms with Gasteiger partial charge in [-0.05, 0) is 48.9 Å². The number of halogens is 30. The zero-order valence-corrected chi connectivity index (χ0v) is 26.7. The number of carbonyl (C=O) groups is 2. The van der Waals surface area contributed by atoms with Crippen LogP contribution in [0.15, 0.2) is 0 Å². The Balaban J connectivity index is 3.23. The zero-order valence-electron chi connectivity index (χ0n) is 25.1. The van der Waals surface area contributed by atoms with Gasteiger partial charge in [0.25, 0.3) is 11.8 Å². The second kappa shape index (κ2) is 14.1. The number of rotatable bonds is 16. The Labute approximate surface area is 298 Å². The molecule has 0 saturated heterocycles. The van der Waals surface area contributed by atoms with Crippen LogP contribution in [0.25, 0.3) is 0 Å². The molecule has 0 aliphatic heterocycles. The normalized spacial score (nSPS) is 20.2. The van der Waals surface area contributed by atoms with Crippen LogP contribution in [0.5, 0.6) is 0 Å². The Bertz CT molecular complexity index is 1350. The van der Waals surface area contributed by atoms with E-state index < -0.39 is 131 Å². The first kappa shape index (κ1) is 51.6. The molecule has 2 N–H and O–H groups in total. The van der Waals surface area contributed by atoms with Gasteiger partial charge in [-0.1, -0.05) is 0 Å². The number of carbonyl (C=O) groups excluding carboxylic acids is 2. The van der Waals surface area contributed by atoms with Crippen LogP contribution >= 0.6 is 23.2 Å². The standard InChI is InChI=1S/C22H12Cl2F28N2O2/c23-21(49,50)19(45,46)17(41,42)15(37,38)13(33,34)11(29,30)9(25,26)7(55)53-5-1-2-6(4-3-5)54-8(56)10(27,28)12(31,32)14(35,36)16(39,40)18(43,44)20(47,48)22(24,51)52/h5-6H,1-4H2,(H,53,55)(H,54,56). The zero-order chi connectivity index (χ0) is 45.6. The average molecular weight is 939 g/mol. The van der Waals surface area contributed by atoms with E-state index in [9.17, 15) is 133 Å². The molecule has 1 aliphatic rings. The predicted molar refractivity (Wildman–Crippen MR) is 123 cm³/mol. The van der Waals surface area contributed by atoms with Crippen LogP contribution in [0.4, 0.5) is 123 Å². The molecule has 0 unspecified atom stereocenters. The molecule has 2 amide bonds. The lowest BCUT2D eigenvalue weighted by Crippen LogP contribution is -2.74. The minimum atomic E-state index is -8.63. The van der Waals surface area contributed by atoms with Gasteiger partial charge >= 0.3 is 81.8 Å². The molecule has 0 bridgehead atoms. The van der Waals surface area contributed by atoms with Gasteiger partial charge in [-0.3, -0.25) is 9.59 Å². The van der Waals surface area contributed by atoms with Gasteiger partial charge in [0, 0.05) is 12.1 Å². The van der Waals surface area contributed by atoms with Crippen molar-refractivity contribution in [3.05, 3.63) is 0 Å². The number of hydrogen-bond acceptors (Lipinski definition) is 2. The van der Waals surface area contributed by atoms with Gasteiger partial charge in [0.2, 0.25) is 0 Å². The second-order valence-electron chi connectivity index (χ2n) is 11.4. The van der Waals surface area contributed by atoms with Gasteiger partial charge in [0.1, 0.15) is 0 Å². The Hall–Kier alpha value is -2.44. The summed E-state index contributed by atoms with van der Waals surface area (Å²) in [6.45, 7) is 0. The van der Waals surface area contributed by atoms with Gasteiger partial charge in [0.05, 0.1) is 0 Å². The molecule has 56 heavy (non-hydrogen) atoms. The van der Waals surface area contributed by atoms with Gasteiger partial charge in [0.15, 0.2) is 0 Å². The van der Waals surface area contributed by atoms with E-state index in [1.54, 1.807) is 0 Å². The summed E-state index contributed by atoms with van der Waals surface area (Å²) in [7, 11) is 0. The first-order chi connectivity index (χ1) is 24.0. The van der Waals surface area contributed by atoms with Crippen molar-refractivity contribution in [2.45, 2.75) is 120 Å². The summed E-state index contributed by atoms with van der Waals surface area (Å²) in [4.78, 5) is 23.4. The minimum absolute atomic E-state index is 0.601. The molecule has 0 radical (unpaired) electrons. The highest BCUT2D eigenvalue weighted by Crippen LogP contribution is 2.64. The molecule has 1 aliphatic carbocycles. The minimum Gasteiger partial charge on any atom is -0.348 e. The van der Waals surface area contributed by atoms with Gasteiger partial charge in [-0.25, -0.2) is 0 Å². The van der Waals surface area contributed by atoms with Crippen LogP contribution in [0.3, 0.4) is 0 Å². The van der Waals surface area contributed by atoms with E-state index in [1.165, 1.54) is 0 Å². The fourth-order valence-corrected chi connectivity index (χ4v) is 4.39. The van der Waals surface area contributed by atoms with Gasteiger partial charge < -0.3 is 10.6 Å². The lowest BCUT2D eigenvalue weighted by atomic mass is 9.88. The van der Waals surface area contributed by atoms with Crippen molar-refractivity contribution >= 4 is 35.0 Å². The molecule has 0 aromatic carbocycles. The largest absolute Gasteiger partial charge is 0.393 e. The molecule has 0 spiro atoms. The first-order valence-corrected chi connectivity index (χ1v) is 14.0. The maximum atomic E-state index is 14.1. The topological polar surface area (TPSA) is 58.2 Å². The fraction of sp³-hybridized carbons (Fsp3) is 0.909. The molecule has 1 fully saturated rings. The van der Waals surface area contributed by atoms with Crippen molar-refractivity contribution in [2.24, 2.45) is 0 Å². The Morgan fingerprint density at radius 1 is 0.321 bits per heavy atom. The highest BCUT2D eigenvalue weighted by atomic mass is 35.5. The fourth-order valence-electron chi connectivity index (χ4n) is 4.15. The first-order valence-electron chi connectivity index (χ1n) is 13.3. The Morgan fingerprint density at radius 3 is 0.661 bits per heavy atom. The van der Waals surface area contributed by atoms with E-state index in [0.29, 0.717) is 10.6 Å².